The van der Waals surface area contributed by atoms with E-state index < -0.39 is 9.84 Å². The Balaban J connectivity index is 1.41. The van der Waals surface area contributed by atoms with Gasteiger partial charge in [0.1, 0.15) is 0 Å². The normalized spacial score (nSPS) is 21.3. The summed E-state index contributed by atoms with van der Waals surface area (Å²) < 4.78 is 23.0. The Bertz CT molecular complexity index is 934. The third kappa shape index (κ3) is 3.99. The number of nitrogens with zero attached hydrogens (tertiary/aromatic N) is 1. The fourth-order valence-corrected chi connectivity index (χ4v) is 6.42. The minimum Gasteiger partial charge on any atom is -0.302 e. The molecule has 2 aromatic rings. The Morgan fingerprint density at radius 3 is 2.81 bits per heavy atom. The van der Waals surface area contributed by atoms with Crippen molar-refractivity contribution in [3.63, 3.8) is 0 Å². The van der Waals surface area contributed by atoms with Gasteiger partial charge < -0.3 is 5.32 Å². The molecule has 1 aromatic heterocycles. The molecule has 2 heterocycles. The highest BCUT2D eigenvalue weighted by atomic mass is 32.2. The first-order valence-corrected chi connectivity index (χ1v) is 11.8. The average Bonchev–Trinajstić information content (AvgIpc) is 3.20. The van der Waals surface area contributed by atoms with Gasteiger partial charge in [-0.1, -0.05) is 12.1 Å². The van der Waals surface area contributed by atoms with E-state index >= 15 is 0 Å². The van der Waals surface area contributed by atoms with E-state index in [1.165, 1.54) is 35.3 Å². The van der Waals surface area contributed by atoms with E-state index in [9.17, 15) is 13.2 Å². The number of fused-ring (bicyclic) bond motifs is 1. The number of aryl methyl sites for hydroxylation is 2. The number of thiazole rings is 1. The Morgan fingerprint density at radius 1 is 1.23 bits per heavy atom. The number of amides is 1. The molecule has 1 N–H and O–H groups in total. The maximum atomic E-state index is 12.2. The van der Waals surface area contributed by atoms with Crippen molar-refractivity contribution in [1.82, 2.24) is 4.98 Å². The minimum absolute atomic E-state index is 0.0694. The molecule has 1 fully saturated rings. The number of hydrogen-bond donors (Lipinski definition) is 1. The van der Waals surface area contributed by atoms with Crippen LogP contribution in [0.1, 0.15) is 36.8 Å². The van der Waals surface area contributed by atoms with Crippen LogP contribution in [0, 0.1) is 5.92 Å². The number of anilines is 1. The molecule has 1 aliphatic carbocycles. The summed E-state index contributed by atoms with van der Waals surface area (Å²) in [6.07, 6.45) is 5.61. The topological polar surface area (TPSA) is 76.1 Å². The first kappa shape index (κ1) is 17.7. The highest BCUT2D eigenvalue weighted by Crippen LogP contribution is 2.30. The molecule has 2 aliphatic rings. The van der Waals surface area contributed by atoms with Crippen molar-refractivity contribution < 1.29 is 13.2 Å². The van der Waals surface area contributed by atoms with Gasteiger partial charge in [-0.05, 0) is 55.2 Å². The van der Waals surface area contributed by atoms with Gasteiger partial charge in [0.25, 0.3) is 0 Å². The molecule has 1 amide bonds. The zero-order chi connectivity index (χ0) is 18.1. The first-order chi connectivity index (χ1) is 12.5. The zero-order valence-corrected chi connectivity index (χ0v) is 16.2. The molecule has 0 bridgehead atoms. The molecule has 138 valence electrons. The van der Waals surface area contributed by atoms with Gasteiger partial charge in [0.2, 0.25) is 5.91 Å². The van der Waals surface area contributed by atoms with Gasteiger partial charge in [-0.2, -0.15) is 0 Å². The molecule has 0 radical (unpaired) electrons. The Kier molecular flexibility index (Phi) is 4.84. The van der Waals surface area contributed by atoms with Crippen LogP contribution in [-0.2, 0) is 27.5 Å². The van der Waals surface area contributed by atoms with E-state index in [2.05, 4.69) is 28.5 Å². The second-order valence-electron chi connectivity index (χ2n) is 7.25. The molecule has 0 unspecified atom stereocenters. The van der Waals surface area contributed by atoms with Crippen LogP contribution in [0.3, 0.4) is 0 Å². The molecule has 26 heavy (non-hydrogen) atoms. The SMILES string of the molecule is O=C(C[C@@H]1CCS(=O)(=O)C1)Nc1nc(-c2ccc3c(c2)CCCC3)cs1. The number of carbonyl (C=O) groups is 1. The molecular formula is C19H22N2O3S2. The minimum atomic E-state index is -2.95. The first-order valence-electron chi connectivity index (χ1n) is 9.06. The highest BCUT2D eigenvalue weighted by Gasteiger charge is 2.29. The molecule has 5 nitrogen and oxygen atoms in total. The molecule has 0 spiro atoms. The summed E-state index contributed by atoms with van der Waals surface area (Å²) in [5.41, 5.74) is 4.82. The summed E-state index contributed by atoms with van der Waals surface area (Å²) in [5.74, 6) is 0.0992. The average molecular weight is 391 g/mol. The number of rotatable bonds is 4. The lowest BCUT2D eigenvalue weighted by Crippen LogP contribution is -2.17. The molecule has 1 aliphatic heterocycles. The van der Waals surface area contributed by atoms with E-state index in [4.69, 9.17) is 0 Å². The van der Waals surface area contributed by atoms with Crippen LogP contribution in [0.4, 0.5) is 5.13 Å². The van der Waals surface area contributed by atoms with Crippen molar-refractivity contribution >= 4 is 32.2 Å². The lowest BCUT2D eigenvalue weighted by molar-refractivity contribution is -0.116. The number of benzene rings is 1. The Labute approximate surface area is 157 Å². The Hall–Kier alpha value is -1.73. The van der Waals surface area contributed by atoms with Crippen molar-refractivity contribution in [3.8, 4) is 11.3 Å². The third-order valence-electron chi connectivity index (χ3n) is 5.20. The number of hydrogen-bond acceptors (Lipinski definition) is 5. The monoisotopic (exact) mass is 390 g/mol. The second-order valence-corrected chi connectivity index (χ2v) is 10.3. The van der Waals surface area contributed by atoms with Crippen LogP contribution >= 0.6 is 11.3 Å². The maximum Gasteiger partial charge on any atom is 0.226 e. The van der Waals surface area contributed by atoms with Crippen LogP contribution in [0.25, 0.3) is 11.3 Å². The smallest absolute Gasteiger partial charge is 0.226 e. The quantitative estimate of drug-likeness (QED) is 0.867. The van der Waals surface area contributed by atoms with E-state index in [1.807, 2.05) is 5.38 Å². The van der Waals surface area contributed by atoms with E-state index in [1.54, 1.807) is 0 Å². The van der Waals surface area contributed by atoms with Crippen molar-refractivity contribution in [2.24, 2.45) is 5.92 Å². The maximum absolute atomic E-state index is 12.2. The fourth-order valence-electron chi connectivity index (χ4n) is 3.82. The largest absolute Gasteiger partial charge is 0.302 e. The number of nitrogens with one attached hydrogen (secondary N) is 1. The lowest BCUT2D eigenvalue weighted by Gasteiger charge is -2.16. The van der Waals surface area contributed by atoms with Gasteiger partial charge in [-0.3, -0.25) is 4.79 Å². The second kappa shape index (κ2) is 7.12. The summed E-state index contributed by atoms with van der Waals surface area (Å²) in [5, 5.41) is 5.35. The van der Waals surface area contributed by atoms with Crippen LogP contribution in [0.15, 0.2) is 23.6 Å². The lowest BCUT2D eigenvalue weighted by atomic mass is 9.90. The predicted molar refractivity (Wildman–Crippen MR) is 104 cm³/mol. The van der Waals surface area contributed by atoms with Gasteiger partial charge in [0.15, 0.2) is 15.0 Å². The summed E-state index contributed by atoms with van der Waals surface area (Å²) in [6.45, 7) is 0. The number of aromatic nitrogens is 1. The number of carbonyl (C=O) groups excluding carboxylic acids is 1. The van der Waals surface area contributed by atoms with Crippen LogP contribution in [0.2, 0.25) is 0 Å². The van der Waals surface area contributed by atoms with Crippen molar-refractivity contribution in [2.45, 2.75) is 38.5 Å². The summed E-state index contributed by atoms with van der Waals surface area (Å²) in [7, 11) is -2.95. The third-order valence-corrected chi connectivity index (χ3v) is 7.79. The molecular weight excluding hydrogens is 368 g/mol. The molecule has 1 aromatic carbocycles. The van der Waals surface area contributed by atoms with Gasteiger partial charge in [-0.25, -0.2) is 13.4 Å². The van der Waals surface area contributed by atoms with E-state index in [0.29, 0.717) is 11.6 Å². The predicted octanol–water partition coefficient (Wildman–Crippen LogP) is 3.45. The number of sulfone groups is 1. The summed E-state index contributed by atoms with van der Waals surface area (Å²) in [4.78, 5) is 16.7. The van der Waals surface area contributed by atoms with Gasteiger partial charge in [0, 0.05) is 17.4 Å². The molecule has 0 saturated carbocycles. The van der Waals surface area contributed by atoms with Gasteiger partial charge >= 0.3 is 0 Å². The molecule has 7 heteroatoms. The van der Waals surface area contributed by atoms with E-state index in [0.717, 1.165) is 24.1 Å². The van der Waals surface area contributed by atoms with Gasteiger partial charge in [0.05, 0.1) is 17.2 Å². The Morgan fingerprint density at radius 2 is 2.04 bits per heavy atom. The summed E-state index contributed by atoms with van der Waals surface area (Å²) >= 11 is 1.41. The van der Waals surface area contributed by atoms with Gasteiger partial charge in [-0.15, -0.1) is 11.3 Å². The standard InChI is InChI=1S/C19H22N2O3S2/c22-18(9-13-7-8-26(23,24)12-13)21-19-20-17(11-25-19)16-6-5-14-3-1-2-4-15(14)10-16/h5-6,10-11,13H,1-4,7-9,12H2,(H,20,21,22)/t13-/m0/s1. The highest BCUT2D eigenvalue weighted by molar-refractivity contribution is 7.91. The van der Waals surface area contributed by atoms with Crippen molar-refractivity contribution in [3.05, 3.63) is 34.7 Å². The van der Waals surface area contributed by atoms with Crippen LogP contribution in [0.5, 0.6) is 0 Å². The molecule has 1 saturated heterocycles. The van der Waals surface area contributed by atoms with Crippen molar-refractivity contribution in [2.75, 3.05) is 16.8 Å². The van der Waals surface area contributed by atoms with Crippen LogP contribution < -0.4 is 5.32 Å². The summed E-state index contributed by atoms with van der Waals surface area (Å²) in [6, 6.07) is 6.52. The van der Waals surface area contributed by atoms with Crippen LogP contribution in [-0.4, -0.2) is 30.8 Å². The zero-order valence-electron chi connectivity index (χ0n) is 14.5. The molecule has 1 atom stereocenters. The molecule has 4 rings (SSSR count). The van der Waals surface area contributed by atoms with Crippen molar-refractivity contribution in [1.29, 1.82) is 0 Å². The van der Waals surface area contributed by atoms with E-state index in [-0.39, 0.29) is 29.8 Å². The fraction of sp³-hybridized carbons (Fsp3) is 0.474.